The van der Waals surface area contributed by atoms with Crippen molar-refractivity contribution in [3.63, 3.8) is 0 Å². The lowest BCUT2D eigenvalue weighted by molar-refractivity contribution is 0.00754. The third-order valence-corrected chi connectivity index (χ3v) is 5.82. The summed E-state index contributed by atoms with van der Waals surface area (Å²) in [6.45, 7) is 0. The van der Waals surface area contributed by atoms with E-state index >= 15 is 0 Å². The minimum absolute atomic E-state index is 0.466. The molecule has 0 saturated heterocycles. The van der Waals surface area contributed by atoms with Gasteiger partial charge in [-0.05, 0) is 74.0 Å². The highest BCUT2D eigenvalue weighted by molar-refractivity contribution is 5.56. The molecule has 4 bridgehead atoms. The number of nitrogens with zero attached hydrogens (tertiary/aromatic N) is 2. The van der Waals surface area contributed by atoms with Gasteiger partial charge in [0.2, 0.25) is 0 Å². The molecule has 3 heteroatoms. The van der Waals surface area contributed by atoms with E-state index < -0.39 is 0 Å². The summed E-state index contributed by atoms with van der Waals surface area (Å²) in [5.41, 5.74) is 1.95. The fourth-order valence-corrected chi connectivity index (χ4v) is 5.18. The van der Waals surface area contributed by atoms with Crippen molar-refractivity contribution in [1.29, 1.82) is 10.5 Å². The van der Waals surface area contributed by atoms with E-state index in [9.17, 15) is 0 Å². The second kappa shape index (κ2) is 4.78. The lowest BCUT2D eigenvalue weighted by Gasteiger charge is -2.54. The first kappa shape index (κ1) is 12.7. The lowest BCUT2D eigenvalue weighted by Crippen LogP contribution is -2.51. The molecule has 4 aliphatic carbocycles. The molecule has 0 spiro atoms. The van der Waals surface area contributed by atoms with Crippen LogP contribution in [0.2, 0.25) is 0 Å². The number of benzene rings is 1. The third-order valence-electron chi connectivity index (χ3n) is 5.82. The van der Waals surface area contributed by atoms with E-state index in [-0.39, 0.29) is 0 Å². The Kier molecular flexibility index (Phi) is 2.89. The SMILES string of the molecule is N#Cc1ccc(NC2C3CC4CC(C3)CC2C4)cc1C#N. The molecule has 0 aromatic heterocycles. The number of rotatable bonds is 2. The summed E-state index contributed by atoms with van der Waals surface area (Å²) in [6, 6.07) is 10.3. The molecule has 0 radical (unpaired) electrons. The van der Waals surface area contributed by atoms with Crippen LogP contribution in [0.5, 0.6) is 0 Å². The largest absolute Gasteiger partial charge is 0.382 e. The molecule has 5 rings (SSSR count). The maximum atomic E-state index is 9.15. The Hall–Kier alpha value is -2.00. The Labute approximate surface area is 125 Å². The number of hydrogen-bond acceptors (Lipinski definition) is 3. The average molecular weight is 277 g/mol. The molecular weight excluding hydrogens is 258 g/mol. The summed E-state index contributed by atoms with van der Waals surface area (Å²) in [7, 11) is 0. The van der Waals surface area contributed by atoms with Gasteiger partial charge in [0.05, 0.1) is 11.1 Å². The first-order chi connectivity index (χ1) is 10.3. The van der Waals surface area contributed by atoms with E-state index in [2.05, 4.69) is 17.5 Å². The van der Waals surface area contributed by atoms with Gasteiger partial charge in [-0.3, -0.25) is 0 Å². The van der Waals surface area contributed by atoms with Crippen LogP contribution in [0, 0.1) is 46.3 Å². The Morgan fingerprint density at radius 3 is 2.05 bits per heavy atom. The van der Waals surface area contributed by atoms with Gasteiger partial charge in [-0.1, -0.05) is 0 Å². The molecule has 1 aromatic rings. The minimum atomic E-state index is 0.466. The van der Waals surface area contributed by atoms with Crippen LogP contribution in [-0.4, -0.2) is 6.04 Å². The molecule has 4 aliphatic rings. The molecular formula is C18H19N3. The van der Waals surface area contributed by atoms with Crippen molar-refractivity contribution in [3.05, 3.63) is 29.3 Å². The van der Waals surface area contributed by atoms with Crippen LogP contribution < -0.4 is 5.32 Å². The first-order valence-electron chi connectivity index (χ1n) is 7.97. The third kappa shape index (κ3) is 2.09. The summed E-state index contributed by atoms with van der Waals surface area (Å²) in [5.74, 6) is 3.56. The van der Waals surface area contributed by atoms with Crippen molar-refractivity contribution in [2.75, 3.05) is 5.32 Å². The summed E-state index contributed by atoms with van der Waals surface area (Å²) in [6.07, 6.45) is 6.99. The zero-order valence-corrected chi connectivity index (χ0v) is 12.0. The van der Waals surface area contributed by atoms with Crippen LogP contribution in [0.1, 0.15) is 43.2 Å². The van der Waals surface area contributed by atoms with Crippen molar-refractivity contribution in [3.8, 4) is 12.1 Å². The Morgan fingerprint density at radius 2 is 1.48 bits per heavy atom. The summed E-state index contributed by atoms with van der Waals surface area (Å²) >= 11 is 0. The second-order valence-electron chi connectivity index (χ2n) is 7.08. The van der Waals surface area contributed by atoms with E-state index in [0.717, 1.165) is 29.4 Å². The van der Waals surface area contributed by atoms with Crippen LogP contribution in [-0.2, 0) is 0 Å². The number of nitrogens with one attached hydrogen (secondary N) is 1. The van der Waals surface area contributed by atoms with Crippen molar-refractivity contribution < 1.29 is 0 Å². The van der Waals surface area contributed by atoms with Crippen LogP contribution in [0.15, 0.2) is 18.2 Å². The van der Waals surface area contributed by atoms with E-state index in [0.29, 0.717) is 17.2 Å². The molecule has 0 aliphatic heterocycles. The van der Waals surface area contributed by atoms with Crippen molar-refractivity contribution in [2.24, 2.45) is 23.7 Å². The second-order valence-corrected chi connectivity index (χ2v) is 7.08. The molecule has 0 heterocycles. The van der Waals surface area contributed by atoms with Crippen molar-refractivity contribution in [1.82, 2.24) is 0 Å². The van der Waals surface area contributed by atoms with Gasteiger partial charge in [0.25, 0.3) is 0 Å². The van der Waals surface area contributed by atoms with E-state index in [1.165, 1.54) is 32.1 Å². The number of nitriles is 2. The molecule has 4 fully saturated rings. The molecule has 4 saturated carbocycles. The molecule has 0 amide bonds. The predicted molar refractivity (Wildman–Crippen MR) is 80.3 cm³/mol. The topological polar surface area (TPSA) is 59.6 Å². The maximum absolute atomic E-state index is 9.15. The summed E-state index contributed by atoms with van der Waals surface area (Å²) in [4.78, 5) is 0. The monoisotopic (exact) mass is 277 g/mol. The zero-order chi connectivity index (χ0) is 14.4. The van der Waals surface area contributed by atoms with E-state index in [1.807, 2.05) is 12.1 Å². The van der Waals surface area contributed by atoms with Gasteiger partial charge in [-0.15, -0.1) is 0 Å². The zero-order valence-electron chi connectivity index (χ0n) is 12.0. The van der Waals surface area contributed by atoms with Gasteiger partial charge >= 0.3 is 0 Å². The number of anilines is 1. The van der Waals surface area contributed by atoms with Gasteiger partial charge in [-0.2, -0.15) is 10.5 Å². The molecule has 3 nitrogen and oxygen atoms in total. The standard InChI is InChI=1S/C18H19N3/c19-9-13-1-2-17(8-16(13)10-20)21-18-14-4-11-3-12(6-14)7-15(18)5-11/h1-2,8,11-12,14-15,18,21H,3-7H2. The van der Waals surface area contributed by atoms with Gasteiger partial charge < -0.3 is 5.32 Å². The molecule has 106 valence electrons. The van der Waals surface area contributed by atoms with Crippen LogP contribution >= 0.6 is 0 Å². The summed E-state index contributed by atoms with van der Waals surface area (Å²) < 4.78 is 0. The van der Waals surface area contributed by atoms with Crippen LogP contribution in [0.3, 0.4) is 0 Å². The fourth-order valence-electron chi connectivity index (χ4n) is 5.18. The van der Waals surface area contributed by atoms with Gasteiger partial charge in [0.15, 0.2) is 0 Å². The highest BCUT2D eigenvalue weighted by Gasteiger charge is 2.48. The number of hydrogen-bond donors (Lipinski definition) is 1. The van der Waals surface area contributed by atoms with Crippen LogP contribution in [0.4, 0.5) is 5.69 Å². The quantitative estimate of drug-likeness (QED) is 0.897. The van der Waals surface area contributed by atoms with Crippen LogP contribution in [0.25, 0.3) is 0 Å². The van der Waals surface area contributed by atoms with E-state index in [4.69, 9.17) is 10.5 Å². The molecule has 0 atom stereocenters. The Bertz CT molecular complexity index is 621. The van der Waals surface area contributed by atoms with Gasteiger partial charge in [0.1, 0.15) is 12.1 Å². The Balaban J connectivity index is 1.57. The first-order valence-corrected chi connectivity index (χ1v) is 7.97. The molecule has 21 heavy (non-hydrogen) atoms. The maximum Gasteiger partial charge on any atom is 0.101 e. The predicted octanol–water partition coefficient (Wildman–Crippen LogP) is 3.67. The average Bonchev–Trinajstić information content (AvgIpc) is 2.50. The highest BCUT2D eigenvalue weighted by Crippen LogP contribution is 2.54. The fraction of sp³-hybridized carbons (Fsp3) is 0.556. The summed E-state index contributed by atoms with van der Waals surface area (Å²) in [5, 5.41) is 21.8. The van der Waals surface area contributed by atoms with E-state index in [1.54, 1.807) is 6.07 Å². The molecule has 0 unspecified atom stereocenters. The smallest absolute Gasteiger partial charge is 0.101 e. The Morgan fingerprint density at radius 1 is 0.857 bits per heavy atom. The highest BCUT2D eigenvalue weighted by atomic mass is 14.9. The van der Waals surface area contributed by atoms with Gasteiger partial charge in [-0.25, -0.2) is 0 Å². The molecule has 1 N–H and O–H groups in total. The van der Waals surface area contributed by atoms with Gasteiger partial charge in [0, 0.05) is 11.7 Å². The normalized spacial score (nSPS) is 36.0. The lowest BCUT2D eigenvalue weighted by atomic mass is 9.54. The minimum Gasteiger partial charge on any atom is -0.382 e. The van der Waals surface area contributed by atoms with Crippen molar-refractivity contribution in [2.45, 2.75) is 38.1 Å². The van der Waals surface area contributed by atoms with Crippen molar-refractivity contribution >= 4 is 5.69 Å². The molecule has 1 aromatic carbocycles.